The van der Waals surface area contributed by atoms with Gasteiger partial charge in [-0.15, -0.1) is 0 Å². The van der Waals surface area contributed by atoms with Crippen LogP contribution in [0.4, 0.5) is 11.4 Å². The van der Waals surface area contributed by atoms with Crippen LogP contribution < -0.4 is 9.64 Å². The number of hydrogen-bond donors (Lipinski definition) is 1. The Morgan fingerprint density at radius 2 is 1.34 bits per heavy atom. The Morgan fingerprint density at radius 3 is 1.97 bits per heavy atom. The van der Waals surface area contributed by atoms with E-state index < -0.39 is 12.1 Å². The highest BCUT2D eigenvalue weighted by Gasteiger charge is 2.19. The second kappa shape index (κ2) is 12.3. The molecule has 0 aromatic heterocycles. The Balaban J connectivity index is 1.15. The lowest BCUT2D eigenvalue weighted by atomic mass is 10.1. The lowest BCUT2D eigenvalue weighted by molar-refractivity contribution is -0.151. The zero-order chi connectivity index (χ0) is 26.2. The molecule has 0 saturated carbocycles. The van der Waals surface area contributed by atoms with Crippen LogP contribution in [0.2, 0.25) is 0 Å². The number of rotatable bonds is 11. The van der Waals surface area contributed by atoms with Crippen molar-refractivity contribution in [3.63, 3.8) is 0 Å². The molecule has 5 nitrogen and oxygen atoms in total. The molecule has 38 heavy (non-hydrogen) atoms. The zero-order valence-corrected chi connectivity index (χ0v) is 21.2. The third kappa shape index (κ3) is 6.31. The van der Waals surface area contributed by atoms with Gasteiger partial charge in [-0.05, 0) is 52.9 Å². The van der Waals surface area contributed by atoms with E-state index in [9.17, 15) is 9.90 Å². The van der Waals surface area contributed by atoms with Gasteiger partial charge in [0.1, 0.15) is 5.75 Å². The topological polar surface area (TPSA) is 59.0 Å². The number of nitrogens with zero attached hydrogens (tertiary/aromatic N) is 1. The Kier molecular flexibility index (Phi) is 8.16. The van der Waals surface area contributed by atoms with Crippen LogP contribution in [0.3, 0.4) is 0 Å². The Morgan fingerprint density at radius 1 is 0.737 bits per heavy atom. The molecule has 0 bridgehead atoms. The maximum absolute atomic E-state index is 11.7. The number of hydrogen-bond acceptors (Lipinski definition) is 4. The molecule has 0 spiro atoms. The minimum atomic E-state index is -0.965. The van der Waals surface area contributed by atoms with Crippen molar-refractivity contribution in [1.29, 1.82) is 0 Å². The molecule has 1 heterocycles. The van der Waals surface area contributed by atoms with Crippen LogP contribution in [0.15, 0.2) is 103 Å². The average molecular weight is 506 g/mol. The molecular formula is C33H31NO4. The molecule has 0 saturated heterocycles. The molecule has 1 unspecified atom stereocenters. The molecule has 1 atom stereocenters. The van der Waals surface area contributed by atoms with Crippen molar-refractivity contribution in [2.75, 3.05) is 18.1 Å². The van der Waals surface area contributed by atoms with Gasteiger partial charge in [0.25, 0.3) is 0 Å². The quantitative estimate of drug-likeness (QED) is 0.223. The molecule has 0 fully saturated rings. The second-order valence-electron chi connectivity index (χ2n) is 9.28. The van der Waals surface area contributed by atoms with Crippen molar-refractivity contribution in [3.05, 3.63) is 125 Å². The SMILES string of the molecule is O=C(O)C(Cc1ccc(OCCCN2c3ccccc3C=Cc3ccccc32)cc1)OCc1ccccc1. The first kappa shape index (κ1) is 25.3. The molecule has 1 aliphatic rings. The van der Waals surface area contributed by atoms with Crippen LogP contribution in [0, 0.1) is 0 Å². The number of benzene rings is 4. The van der Waals surface area contributed by atoms with Gasteiger partial charge in [0, 0.05) is 24.3 Å². The number of carbonyl (C=O) groups is 1. The second-order valence-corrected chi connectivity index (χ2v) is 9.28. The summed E-state index contributed by atoms with van der Waals surface area (Å²) in [6, 6.07) is 34.1. The predicted octanol–water partition coefficient (Wildman–Crippen LogP) is 6.99. The van der Waals surface area contributed by atoms with E-state index in [0.717, 1.165) is 29.8 Å². The summed E-state index contributed by atoms with van der Waals surface area (Å²) >= 11 is 0. The number of carboxylic acid groups (broad SMARTS) is 1. The fourth-order valence-corrected chi connectivity index (χ4v) is 4.64. The fourth-order valence-electron chi connectivity index (χ4n) is 4.64. The van der Waals surface area contributed by atoms with Gasteiger partial charge >= 0.3 is 5.97 Å². The maximum atomic E-state index is 11.7. The van der Waals surface area contributed by atoms with Gasteiger partial charge in [0.15, 0.2) is 6.10 Å². The summed E-state index contributed by atoms with van der Waals surface area (Å²) in [5, 5.41) is 9.60. The normalized spacial score (nSPS) is 12.8. The van der Waals surface area contributed by atoms with Crippen molar-refractivity contribution in [3.8, 4) is 5.75 Å². The minimum Gasteiger partial charge on any atom is -0.494 e. The van der Waals surface area contributed by atoms with Gasteiger partial charge in [-0.25, -0.2) is 4.79 Å². The van der Waals surface area contributed by atoms with Crippen molar-refractivity contribution in [2.45, 2.75) is 25.6 Å². The highest BCUT2D eigenvalue weighted by Crippen LogP contribution is 2.36. The Bertz CT molecular complexity index is 1330. The summed E-state index contributed by atoms with van der Waals surface area (Å²) in [6.45, 7) is 1.67. The molecule has 1 N–H and O–H groups in total. The van der Waals surface area contributed by atoms with E-state index in [0.29, 0.717) is 13.0 Å². The molecule has 0 radical (unpaired) electrons. The summed E-state index contributed by atoms with van der Waals surface area (Å²) in [6.07, 6.45) is 4.58. The van der Waals surface area contributed by atoms with E-state index in [2.05, 4.69) is 65.6 Å². The van der Waals surface area contributed by atoms with Crippen molar-refractivity contribution < 1.29 is 19.4 Å². The van der Waals surface area contributed by atoms with Gasteiger partial charge in [-0.2, -0.15) is 0 Å². The third-order valence-electron chi connectivity index (χ3n) is 6.61. The van der Waals surface area contributed by atoms with Crippen molar-refractivity contribution in [1.82, 2.24) is 0 Å². The number of anilines is 2. The summed E-state index contributed by atoms with van der Waals surface area (Å²) in [5.41, 5.74) is 6.63. The van der Waals surface area contributed by atoms with Gasteiger partial charge < -0.3 is 19.5 Å². The summed E-state index contributed by atoms with van der Waals surface area (Å²) in [5.74, 6) is -0.197. The summed E-state index contributed by atoms with van der Waals surface area (Å²) < 4.78 is 11.7. The molecule has 4 aromatic rings. The fraction of sp³-hybridized carbons (Fsp3) is 0.182. The average Bonchev–Trinajstić information content (AvgIpc) is 3.11. The minimum absolute atomic E-state index is 0.265. The first-order valence-corrected chi connectivity index (χ1v) is 12.9. The number of carboxylic acids is 1. The van der Waals surface area contributed by atoms with E-state index in [1.165, 1.54) is 22.5 Å². The third-order valence-corrected chi connectivity index (χ3v) is 6.61. The van der Waals surface area contributed by atoms with E-state index in [-0.39, 0.29) is 6.61 Å². The molecule has 5 heteroatoms. The van der Waals surface area contributed by atoms with E-state index in [1.54, 1.807) is 0 Å². The standard InChI is InChI=1S/C33H31NO4/c35-33(36)32(38-24-26-9-2-1-3-10-26)23-25-15-19-29(20-16-25)37-22-8-21-34-30-13-6-4-11-27(30)17-18-28-12-5-7-14-31(28)34/h1-7,9-20,32H,8,21-24H2,(H,35,36). The Labute approximate surface area is 223 Å². The molecular weight excluding hydrogens is 474 g/mol. The van der Waals surface area contributed by atoms with Gasteiger partial charge in [-0.3, -0.25) is 0 Å². The Hall–Kier alpha value is -4.35. The molecule has 4 aromatic carbocycles. The first-order chi connectivity index (χ1) is 18.7. The molecule has 1 aliphatic heterocycles. The zero-order valence-electron chi connectivity index (χ0n) is 21.2. The van der Waals surface area contributed by atoms with Crippen LogP contribution in [0.25, 0.3) is 12.2 Å². The smallest absolute Gasteiger partial charge is 0.333 e. The molecule has 192 valence electrons. The van der Waals surface area contributed by atoms with Gasteiger partial charge in [0.2, 0.25) is 0 Å². The molecule has 0 amide bonds. The molecule has 0 aliphatic carbocycles. The van der Waals surface area contributed by atoms with Crippen LogP contribution >= 0.6 is 0 Å². The highest BCUT2D eigenvalue weighted by molar-refractivity contribution is 5.88. The predicted molar refractivity (Wildman–Crippen MR) is 152 cm³/mol. The van der Waals surface area contributed by atoms with Crippen molar-refractivity contribution >= 4 is 29.5 Å². The summed E-state index contributed by atoms with van der Waals surface area (Å²) in [7, 11) is 0. The van der Waals surface area contributed by atoms with Crippen LogP contribution in [-0.2, 0) is 22.6 Å². The van der Waals surface area contributed by atoms with Crippen LogP contribution in [0.1, 0.15) is 28.7 Å². The van der Waals surface area contributed by atoms with E-state index in [4.69, 9.17) is 9.47 Å². The van der Waals surface area contributed by atoms with E-state index >= 15 is 0 Å². The number of fused-ring (bicyclic) bond motifs is 2. The number of ether oxygens (including phenoxy) is 2. The largest absolute Gasteiger partial charge is 0.494 e. The van der Waals surface area contributed by atoms with Gasteiger partial charge in [0.05, 0.1) is 13.2 Å². The number of para-hydroxylation sites is 2. The lowest BCUT2D eigenvalue weighted by Gasteiger charge is -2.27. The van der Waals surface area contributed by atoms with Crippen LogP contribution in [-0.4, -0.2) is 30.3 Å². The summed E-state index contributed by atoms with van der Waals surface area (Å²) in [4.78, 5) is 14.1. The maximum Gasteiger partial charge on any atom is 0.333 e. The first-order valence-electron chi connectivity index (χ1n) is 12.9. The highest BCUT2D eigenvalue weighted by atomic mass is 16.5. The van der Waals surface area contributed by atoms with E-state index in [1.807, 2.05) is 54.6 Å². The monoisotopic (exact) mass is 505 g/mol. The number of aliphatic carboxylic acids is 1. The molecule has 5 rings (SSSR count). The van der Waals surface area contributed by atoms with Crippen molar-refractivity contribution in [2.24, 2.45) is 0 Å². The van der Waals surface area contributed by atoms with Gasteiger partial charge in [-0.1, -0.05) is 91.0 Å². The van der Waals surface area contributed by atoms with Crippen LogP contribution in [0.5, 0.6) is 5.75 Å². The lowest BCUT2D eigenvalue weighted by Crippen LogP contribution is -2.26.